The summed E-state index contributed by atoms with van der Waals surface area (Å²) in [6.45, 7) is 4.95. The van der Waals surface area contributed by atoms with Crippen LogP contribution in [0.25, 0.3) is 0 Å². The Morgan fingerprint density at radius 3 is 0.826 bits per heavy atom. The number of unbranched alkanes of at least 4 members (excludes halogenated alkanes) is 62. The van der Waals surface area contributed by atoms with E-state index in [4.69, 9.17) is 4.74 Å². The van der Waals surface area contributed by atoms with Gasteiger partial charge in [-0.2, -0.15) is 0 Å². The Hall–Kier alpha value is -1.66. The Morgan fingerprint density at radius 1 is 0.314 bits per heavy atom. The number of carbonyl (C=O) groups excluding carboxylic acids is 2. The number of aliphatic hydroxyl groups is 2. The fourth-order valence-electron chi connectivity index (χ4n) is 12.7. The number of ether oxygens (including phenoxy) is 1. The van der Waals surface area contributed by atoms with Crippen LogP contribution in [0.1, 0.15) is 450 Å². The average molecular weight is 1210 g/mol. The summed E-state index contributed by atoms with van der Waals surface area (Å²) in [5.41, 5.74) is 0. The molecular formula is C80H155NO5. The molecule has 0 saturated heterocycles. The van der Waals surface area contributed by atoms with E-state index in [9.17, 15) is 19.8 Å². The second-order valence-electron chi connectivity index (χ2n) is 27.4. The van der Waals surface area contributed by atoms with E-state index in [1.807, 2.05) is 6.08 Å². The van der Waals surface area contributed by atoms with Gasteiger partial charge in [0.2, 0.25) is 5.91 Å². The van der Waals surface area contributed by atoms with E-state index in [-0.39, 0.29) is 18.5 Å². The molecule has 0 aromatic carbocycles. The predicted molar refractivity (Wildman–Crippen MR) is 380 cm³/mol. The summed E-state index contributed by atoms with van der Waals surface area (Å²) in [5.74, 6) is -0.0383. The number of rotatable bonds is 75. The summed E-state index contributed by atoms with van der Waals surface area (Å²) < 4.78 is 5.52. The van der Waals surface area contributed by atoms with Crippen LogP contribution in [-0.2, 0) is 14.3 Å². The maximum Gasteiger partial charge on any atom is 0.305 e. The van der Waals surface area contributed by atoms with Crippen molar-refractivity contribution < 1.29 is 24.5 Å². The van der Waals surface area contributed by atoms with Crippen LogP contribution >= 0.6 is 0 Å². The SMILES string of the molecule is CCCCCCCC/C=C\CCCCCCCCCCCC(=O)OCCCCCCCCCCCCCCCCCCCCCCCCCCCCCCCCCC(=O)NC(CO)C(O)/C=C/CCCCCCCCCCCCCCCCCCC. The Kier molecular flexibility index (Phi) is 74.3. The molecule has 0 aliphatic carbocycles. The van der Waals surface area contributed by atoms with Crippen LogP contribution in [-0.4, -0.2) is 47.4 Å². The Morgan fingerprint density at radius 2 is 0.547 bits per heavy atom. The molecule has 0 radical (unpaired) electrons. The standard InChI is InChI=1S/C80H155NO5/c1-3-5-7-9-11-13-15-17-19-21-36-40-44-48-52-56-60-64-68-72-78(83)77(76-82)81-79(84)73-69-65-61-57-53-49-45-41-38-34-32-30-28-26-24-23-25-27-29-31-33-35-39-43-47-51-55-59-63-67-71-75-86-80(85)74-70-66-62-58-54-50-46-42-37-22-20-18-16-14-12-10-8-6-4-2/h18,20,68,72,77-78,82-83H,3-17,19,21-67,69-71,73-76H2,1-2H3,(H,81,84)/b20-18-,72-68+. The molecule has 1 amide bonds. The molecule has 0 bridgehead atoms. The maximum absolute atomic E-state index is 12.5. The van der Waals surface area contributed by atoms with E-state index >= 15 is 0 Å². The molecule has 3 N–H and O–H groups in total. The minimum atomic E-state index is -0.842. The predicted octanol–water partition coefficient (Wildman–Crippen LogP) is 26.0. The van der Waals surface area contributed by atoms with Crippen molar-refractivity contribution in [2.75, 3.05) is 13.2 Å². The summed E-state index contributed by atoms with van der Waals surface area (Å²) in [6.07, 6.45) is 97.3. The number of esters is 1. The number of hydrogen-bond donors (Lipinski definition) is 3. The van der Waals surface area contributed by atoms with Gasteiger partial charge in [-0.25, -0.2) is 0 Å². The highest BCUT2D eigenvalue weighted by Gasteiger charge is 2.18. The summed E-state index contributed by atoms with van der Waals surface area (Å²) in [7, 11) is 0. The van der Waals surface area contributed by atoms with Crippen molar-refractivity contribution >= 4 is 11.9 Å². The lowest BCUT2D eigenvalue weighted by Crippen LogP contribution is -2.45. The van der Waals surface area contributed by atoms with Crippen molar-refractivity contribution in [1.82, 2.24) is 5.32 Å². The largest absolute Gasteiger partial charge is 0.466 e. The fraction of sp³-hybridized carbons (Fsp3) is 0.925. The second-order valence-corrected chi connectivity index (χ2v) is 27.4. The molecule has 0 heterocycles. The molecule has 6 nitrogen and oxygen atoms in total. The molecule has 0 rings (SSSR count). The molecule has 0 fully saturated rings. The molecule has 2 atom stereocenters. The van der Waals surface area contributed by atoms with Crippen LogP contribution in [0.15, 0.2) is 24.3 Å². The van der Waals surface area contributed by atoms with Crippen molar-refractivity contribution in [2.45, 2.75) is 463 Å². The normalized spacial score (nSPS) is 12.6. The van der Waals surface area contributed by atoms with E-state index in [2.05, 4.69) is 31.3 Å². The molecule has 0 aromatic heterocycles. The number of carbonyl (C=O) groups is 2. The zero-order valence-corrected chi connectivity index (χ0v) is 58.6. The lowest BCUT2D eigenvalue weighted by atomic mass is 10.0. The number of hydrogen-bond acceptors (Lipinski definition) is 5. The average Bonchev–Trinajstić information content (AvgIpc) is 3.54. The van der Waals surface area contributed by atoms with Crippen LogP contribution < -0.4 is 5.32 Å². The molecule has 0 aliphatic heterocycles. The third-order valence-electron chi connectivity index (χ3n) is 18.7. The van der Waals surface area contributed by atoms with Gasteiger partial charge in [-0.05, 0) is 57.8 Å². The van der Waals surface area contributed by atoms with Crippen LogP contribution in [0, 0.1) is 0 Å². The van der Waals surface area contributed by atoms with Crippen LogP contribution in [0.2, 0.25) is 0 Å². The van der Waals surface area contributed by atoms with E-state index in [1.165, 1.54) is 385 Å². The highest BCUT2D eigenvalue weighted by Crippen LogP contribution is 2.20. The van der Waals surface area contributed by atoms with Gasteiger partial charge < -0.3 is 20.3 Å². The summed E-state index contributed by atoms with van der Waals surface area (Å²) in [4.78, 5) is 24.7. The zero-order valence-electron chi connectivity index (χ0n) is 58.6. The van der Waals surface area contributed by atoms with E-state index < -0.39 is 12.1 Å². The molecule has 0 saturated carbocycles. The van der Waals surface area contributed by atoms with Crippen molar-refractivity contribution in [3.8, 4) is 0 Å². The maximum atomic E-state index is 12.5. The summed E-state index contributed by atoms with van der Waals surface area (Å²) in [5, 5.41) is 23.3. The van der Waals surface area contributed by atoms with Gasteiger partial charge >= 0.3 is 5.97 Å². The highest BCUT2D eigenvalue weighted by molar-refractivity contribution is 5.76. The molecular weight excluding hydrogens is 1050 g/mol. The van der Waals surface area contributed by atoms with Crippen molar-refractivity contribution in [1.29, 1.82) is 0 Å². The fourth-order valence-corrected chi connectivity index (χ4v) is 12.7. The minimum Gasteiger partial charge on any atom is -0.466 e. The molecule has 0 aliphatic rings. The van der Waals surface area contributed by atoms with Crippen molar-refractivity contribution in [2.24, 2.45) is 0 Å². The Balaban J connectivity index is 3.33. The number of allylic oxidation sites excluding steroid dienone is 3. The molecule has 6 heteroatoms. The first-order valence-electron chi connectivity index (χ1n) is 39.6. The third-order valence-corrected chi connectivity index (χ3v) is 18.7. The summed E-state index contributed by atoms with van der Waals surface area (Å²) in [6, 6.07) is -0.625. The highest BCUT2D eigenvalue weighted by atomic mass is 16.5. The van der Waals surface area contributed by atoms with Gasteiger partial charge in [-0.15, -0.1) is 0 Å². The number of amides is 1. The van der Waals surface area contributed by atoms with Crippen LogP contribution in [0.5, 0.6) is 0 Å². The van der Waals surface area contributed by atoms with Gasteiger partial charge in [0.05, 0.1) is 25.4 Å². The van der Waals surface area contributed by atoms with Crippen LogP contribution in [0.4, 0.5) is 0 Å². The van der Waals surface area contributed by atoms with E-state index in [1.54, 1.807) is 6.08 Å². The first-order chi connectivity index (χ1) is 42.5. The first-order valence-corrected chi connectivity index (χ1v) is 39.6. The van der Waals surface area contributed by atoms with E-state index in [0.29, 0.717) is 19.4 Å². The van der Waals surface area contributed by atoms with Gasteiger partial charge in [0.25, 0.3) is 0 Å². The summed E-state index contributed by atoms with van der Waals surface area (Å²) >= 11 is 0. The van der Waals surface area contributed by atoms with Crippen molar-refractivity contribution in [3.63, 3.8) is 0 Å². The lowest BCUT2D eigenvalue weighted by Gasteiger charge is -2.20. The Labute approximate surface area is 539 Å². The van der Waals surface area contributed by atoms with Crippen LogP contribution in [0.3, 0.4) is 0 Å². The smallest absolute Gasteiger partial charge is 0.305 e. The minimum absolute atomic E-state index is 0.0210. The quantitative estimate of drug-likeness (QED) is 0.0320. The first kappa shape index (κ1) is 84.3. The third kappa shape index (κ3) is 71.4. The monoisotopic (exact) mass is 1210 g/mol. The van der Waals surface area contributed by atoms with Gasteiger partial charge in [0.15, 0.2) is 0 Å². The molecule has 0 spiro atoms. The molecule has 2 unspecified atom stereocenters. The molecule has 86 heavy (non-hydrogen) atoms. The lowest BCUT2D eigenvalue weighted by molar-refractivity contribution is -0.143. The van der Waals surface area contributed by atoms with Gasteiger partial charge in [0.1, 0.15) is 0 Å². The second kappa shape index (κ2) is 75.8. The molecule has 0 aromatic rings. The van der Waals surface area contributed by atoms with E-state index in [0.717, 1.165) is 38.5 Å². The van der Waals surface area contributed by atoms with Gasteiger partial charge in [-0.3, -0.25) is 9.59 Å². The molecule has 510 valence electrons. The topological polar surface area (TPSA) is 95.9 Å². The van der Waals surface area contributed by atoms with Crippen molar-refractivity contribution in [3.05, 3.63) is 24.3 Å². The van der Waals surface area contributed by atoms with Gasteiger partial charge in [0, 0.05) is 12.8 Å². The zero-order chi connectivity index (χ0) is 62.0. The number of nitrogens with one attached hydrogen (secondary N) is 1. The Bertz CT molecular complexity index is 1350. The van der Waals surface area contributed by atoms with Gasteiger partial charge in [-0.1, -0.05) is 404 Å². The number of aliphatic hydroxyl groups excluding tert-OH is 2.